The molecule has 2 aliphatic heterocycles. The first-order valence-electron chi connectivity index (χ1n) is 28.3. The first-order chi connectivity index (χ1) is 38.3. The van der Waals surface area contributed by atoms with Gasteiger partial charge in [0.15, 0.2) is 5.60 Å². The zero-order valence-corrected chi connectivity index (χ0v) is 45.5. The lowest BCUT2D eigenvalue weighted by Crippen LogP contribution is -2.37. The van der Waals surface area contributed by atoms with E-state index in [9.17, 15) is 4.79 Å². The van der Waals surface area contributed by atoms with E-state index in [1.807, 2.05) is 60.7 Å². The number of anilines is 2. The lowest BCUT2D eigenvalue weighted by molar-refractivity contribution is -0.137. The summed E-state index contributed by atoms with van der Waals surface area (Å²) in [4.78, 5) is 16.0. The second-order valence-electron chi connectivity index (χ2n) is 22.6. The molecule has 0 bridgehead atoms. The maximum Gasteiger partial charge on any atom is 0.417 e. The number of hydrogen-bond acceptors (Lipinski definition) is 5. The quantitative estimate of drug-likeness (QED) is 0.117. The normalized spacial score (nSPS) is 19.3. The molecule has 1 atom stereocenters. The third-order valence-corrected chi connectivity index (χ3v) is 17.6. The Morgan fingerprint density at radius 2 is 1.38 bits per heavy atom. The fraction of sp³-hybridized carbons (Fsp3) is 0.300. The molecule has 8 aromatic rings. The largest absolute Gasteiger partial charge is 0.497 e. The van der Waals surface area contributed by atoms with Crippen molar-refractivity contribution in [1.29, 1.82) is 0 Å². The predicted octanol–water partition coefficient (Wildman–Crippen LogP) is 17.8. The monoisotopic (exact) mass is 1060 g/mol. The molecule has 1 unspecified atom stereocenters. The Hall–Kier alpha value is -7.62. The molecule has 12 rings (SSSR count). The number of rotatable bonds is 13. The van der Waals surface area contributed by atoms with Crippen molar-refractivity contribution in [3.8, 4) is 44.9 Å². The summed E-state index contributed by atoms with van der Waals surface area (Å²) in [7, 11) is 1.66. The highest BCUT2D eigenvalue weighted by atomic mass is 19.4. The fourth-order valence-electron chi connectivity index (χ4n) is 13.2. The zero-order chi connectivity index (χ0) is 54.5. The van der Waals surface area contributed by atoms with E-state index in [1.165, 1.54) is 63.0 Å². The molecule has 2 aliphatic carbocycles. The number of methoxy groups -OCH3 is 1. The molecule has 8 aromatic carbocycles. The molecule has 0 aromatic heterocycles. The van der Waals surface area contributed by atoms with Crippen LogP contribution in [0.4, 0.5) is 24.5 Å². The minimum absolute atomic E-state index is 0.0272. The number of ether oxygens (including phenoxy) is 3. The van der Waals surface area contributed by atoms with E-state index in [4.69, 9.17) is 14.2 Å². The summed E-state index contributed by atoms with van der Waals surface area (Å²) in [5.41, 5.74) is 9.75. The van der Waals surface area contributed by atoms with Crippen LogP contribution < -0.4 is 19.7 Å². The van der Waals surface area contributed by atoms with E-state index < -0.39 is 28.7 Å². The number of benzene rings is 8. The molecule has 79 heavy (non-hydrogen) atoms. The van der Waals surface area contributed by atoms with Gasteiger partial charge in [0, 0.05) is 57.5 Å². The van der Waals surface area contributed by atoms with Crippen LogP contribution in [0.2, 0.25) is 0 Å². The molecule has 2 fully saturated rings. The lowest BCUT2D eigenvalue weighted by Gasteiger charge is -2.38. The molecular weight excluding hydrogens is 990 g/mol. The molecule has 6 nitrogen and oxygen atoms in total. The van der Waals surface area contributed by atoms with E-state index in [0.717, 1.165) is 103 Å². The molecule has 402 valence electrons. The molecule has 4 aliphatic rings. The summed E-state index contributed by atoms with van der Waals surface area (Å²) in [6.45, 7) is 9.66. The van der Waals surface area contributed by atoms with Gasteiger partial charge in [-0.1, -0.05) is 156 Å². The second-order valence-corrected chi connectivity index (χ2v) is 22.6. The van der Waals surface area contributed by atoms with Crippen LogP contribution in [0, 0.1) is 5.92 Å². The van der Waals surface area contributed by atoms with Gasteiger partial charge in [-0.2, -0.15) is 13.2 Å². The van der Waals surface area contributed by atoms with E-state index >= 15 is 13.2 Å². The third-order valence-electron chi connectivity index (χ3n) is 17.6. The molecule has 9 heteroatoms. The number of hydrogen-bond donors (Lipinski definition) is 1. The number of morpholine rings is 1. The summed E-state index contributed by atoms with van der Waals surface area (Å²) in [6, 6.07) is 50.6. The van der Waals surface area contributed by atoms with Gasteiger partial charge in [-0.25, -0.2) is 0 Å². The number of nitrogens with one attached hydrogen (secondary N) is 1. The minimum Gasteiger partial charge on any atom is -0.497 e. The maximum atomic E-state index is 15.3. The zero-order valence-electron chi connectivity index (χ0n) is 45.5. The van der Waals surface area contributed by atoms with Gasteiger partial charge in [-0.3, -0.25) is 4.79 Å². The van der Waals surface area contributed by atoms with Crippen molar-refractivity contribution >= 4 is 34.1 Å². The topological polar surface area (TPSA) is 60.0 Å². The molecule has 0 radical (unpaired) electrons. The van der Waals surface area contributed by atoms with Gasteiger partial charge in [-0.05, 0) is 154 Å². The number of halogens is 3. The molecule has 1 amide bonds. The molecule has 0 spiro atoms. The van der Waals surface area contributed by atoms with Crippen molar-refractivity contribution in [1.82, 2.24) is 0 Å². The summed E-state index contributed by atoms with van der Waals surface area (Å²) in [6.07, 6.45) is 10.0. The van der Waals surface area contributed by atoms with Gasteiger partial charge >= 0.3 is 6.18 Å². The predicted molar refractivity (Wildman–Crippen MR) is 314 cm³/mol. The van der Waals surface area contributed by atoms with Gasteiger partial charge in [0.2, 0.25) is 0 Å². The van der Waals surface area contributed by atoms with Crippen molar-refractivity contribution in [2.45, 2.75) is 95.2 Å². The third kappa shape index (κ3) is 9.79. The number of unbranched alkanes of at least 4 members (excludes halogenated alkanes) is 2. The number of amides is 1. The SMILES string of the molecule is CCCCC[C@H]1CC[C@H](c2ccc(-c3ccc(C(=O)Nc4ccc(-c5ccc6c(c5)-c5c(c7c(c8ccccc58)OC(c5ccc(OC)cc5)(c5ccc(N8CCOCC8)cc5)C=C7)C6(C)C)c(C(F)(F)F)c4)cc3)cc2)CC1. The Morgan fingerprint density at radius 3 is 2.05 bits per heavy atom. The van der Waals surface area contributed by atoms with Gasteiger partial charge in [-0.15, -0.1) is 0 Å². The van der Waals surface area contributed by atoms with E-state index in [2.05, 4.69) is 104 Å². The minimum atomic E-state index is -4.72. The summed E-state index contributed by atoms with van der Waals surface area (Å²) in [5.74, 6) is 2.45. The van der Waals surface area contributed by atoms with Crippen LogP contribution in [-0.4, -0.2) is 39.3 Å². The van der Waals surface area contributed by atoms with Crippen LogP contribution in [0.3, 0.4) is 0 Å². The Kier molecular flexibility index (Phi) is 14.0. The van der Waals surface area contributed by atoms with Crippen LogP contribution in [-0.2, 0) is 21.9 Å². The molecule has 1 N–H and O–H groups in total. The molecular formula is C70H67F3N2O4. The van der Waals surface area contributed by atoms with Gasteiger partial charge in [0.1, 0.15) is 11.5 Å². The Morgan fingerprint density at radius 1 is 0.722 bits per heavy atom. The highest BCUT2D eigenvalue weighted by Gasteiger charge is 2.45. The van der Waals surface area contributed by atoms with Crippen LogP contribution in [0.15, 0.2) is 164 Å². The van der Waals surface area contributed by atoms with Crippen LogP contribution in [0.5, 0.6) is 11.5 Å². The van der Waals surface area contributed by atoms with Gasteiger partial charge in [0.25, 0.3) is 5.91 Å². The van der Waals surface area contributed by atoms with E-state index in [1.54, 1.807) is 31.4 Å². The number of carbonyl (C=O) groups excluding carboxylic acids is 1. The smallest absolute Gasteiger partial charge is 0.417 e. The van der Waals surface area contributed by atoms with Crippen molar-refractivity contribution in [2.75, 3.05) is 43.6 Å². The Bertz CT molecular complexity index is 3570. The first-order valence-corrected chi connectivity index (χ1v) is 28.3. The van der Waals surface area contributed by atoms with Crippen molar-refractivity contribution in [3.05, 3.63) is 208 Å². The Labute approximate surface area is 462 Å². The number of nitrogens with zero attached hydrogens (tertiary/aromatic N) is 1. The average Bonchev–Trinajstić information content (AvgIpc) is 3.97. The summed E-state index contributed by atoms with van der Waals surface area (Å²) >= 11 is 0. The highest BCUT2D eigenvalue weighted by molar-refractivity contribution is 6.09. The standard InChI is InChI=1S/C70H67F3N2O4/c1-5-6-7-10-45-13-15-46(16-14-45)47-17-19-48(20-18-47)49-21-23-50(24-22-49)67(76)74-54-30-35-57(63(44-54)70(71,72)73)51-25-36-62-61(43-51)64-58-11-8-9-12-59(58)66-60(65(64)68(62,2)3)37-38-69(79-66,53-28-33-56(77-4)34-29-53)52-26-31-55(32-27-52)75-39-41-78-42-40-75/h8-9,11-12,17-38,43-46H,5-7,10,13-16,39-42H2,1-4H3,(H,74,76)/t45-,46-,69?. The van der Waals surface area contributed by atoms with Gasteiger partial charge < -0.3 is 24.4 Å². The number of carbonyl (C=O) groups is 1. The van der Waals surface area contributed by atoms with E-state index in [-0.39, 0.29) is 11.3 Å². The lowest BCUT2D eigenvalue weighted by atomic mass is 9.76. The molecule has 1 saturated carbocycles. The average molecular weight is 1060 g/mol. The van der Waals surface area contributed by atoms with Gasteiger partial charge in [0.05, 0.1) is 25.9 Å². The first kappa shape index (κ1) is 52.1. The number of alkyl halides is 3. The highest BCUT2D eigenvalue weighted by Crippen LogP contribution is 2.59. The number of fused-ring (bicyclic) bond motifs is 8. The second kappa shape index (κ2) is 21.2. The van der Waals surface area contributed by atoms with Crippen LogP contribution >= 0.6 is 0 Å². The van der Waals surface area contributed by atoms with Crippen molar-refractivity contribution in [3.63, 3.8) is 0 Å². The Balaban J connectivity index is 0.828. The van der Waals surface area contributed by atoms with Crippen LogP contribution in [0.25, 0.3) is 50.2 Å². The van der Waals surface area contributed by atoms with Crippen molar-refractivity contribution in [2.24, 2.45) is 5.92 Å². The maximum absolute atomic E-state index is 15.3. The molecule has 1 saturated heterocycles. The fourth-order valence-corrected chi connectivity index (χ4v) is 13.2. The van der Waals surface area contributed by atoms with Crippen LogP contribution in [0.1, 0.15) is 127 Å². The van der Waals surface area contributed by atoms with Crippen molar-refractivity contribution < 1.29 is 32.2 Å². The summed E-state index contributed by atoms with van der Waals surface area (Å²) < 4.78 is 64.7. The van der Waals surface area contributed by atoms with E-state index in [0.29, 0.717) is 30.3 Å². The molecule has 2 heterocycles. The summed E-state index contributed by atoms with van der Waals surface area (Å²) in [5, 5.41) is 4.61.